The van der Waals surface area contributed by atoms with E-state index in [2.05, 4.69) is 15.9 Å². The Kier molecular flexibility index (Phi) is 2.17. The Bertz CT molecular complexity index is 452. The molecule has 2 nitrogen and oxygen atoms in total. The van der Waals surface area contributed by atoms with Crippen molar-refractivity contribution in [3.63, 3.8) is 0 Å². The number of ether oxygens (including phenoxy) is 1. The van der Waals surface area contributed by atoms with Crippen LogP contribution < -0.4 is 10.5 Å². The van der Waals surface area contributed by atoms with Crippen LogP contribution in [0.5, 0.6) is 5.75 Å². The molecule has 2 aromatic rings. The Balaban J connectivity index is 2.83. The van der Waals surface area contributed by atoms with E-state index >= 15 is 0 Å². The smallest absolute Gasteiger partial charge is 0.127 e. The van der Waals surface area contributed by atoms with Gasteiger partial charge in [-0.1, -0.05) is 0 Å². The summed E-state index contributed by atoms with van der Waals surface area (Å²) < 4.78 is 7.37. The number of halogens is 1. The summed E-state index contributed by atoms with van der Waals surface area (Å²) in [4.78, 5) is 0. The van der Waals surface area contributed by atoms with Crippen molar-refractivity contribution in [3.05, 3.63) is 22.0 Å². The fraction of sp³-hybridized carbons (Fsp3) is 0.111. The number of rotatable bonds is 1. The third kappa shape index (κ3) is 1.40. The Morgan fingerprint density at radius 1 is 1.46 bits per heavy atom. The topological polar surface area (TPSA) is 35.2 Å². The van der Waals surface area contributed by atoms with E-state index in [-0.39, 0.29) is 0 Å². The second-order valence-corrected chi connectivity index (χ2v) is 5.08. The molecule has 1 aromatic carbocycles. The van der Waals surface area contributed by atoms with Gasteiger partial charge in [-0.25, -0.2) is 0 Å². The third-order valence-electron chi connectivity index (χ3n) is 1.86. The van der Waals surface area contributed by atoms with Gasteiger partial charge in [0.25, 0.3) is 0 Å². The summed E-state index contributed by atoms with van der Waals surface area (Å²) in [5.74, 6) is 0.867. The minimum atomic E-state index is 0.798. The maximum absolute atomic E-state index is 5.83. The minimum absolute atomic E-state index is 0.798. The number of methoxy groups -OCH3 is 1. The van der Waals surface area contributed by atoms with Crippen molar-refractivity contribution in [3.8, 4) is 5.75 Å². The molecule has 13 heavy (non-hydrogen) atoms. The number of hydrogen-bond acceptors (Lipinski definition) is 3. The molecule has 0 radical (unpaired) electrons. The molecule has 1 heterocycles. The van der Waals surface area contributed by atoms with E-state index in [0.717, 1.165) is 25.3 Å². The summed E-state index contributed by atoms with van der Waals surface area (Å²) >= 11 is 5.05. The average Bonchev–Trinajstić information content (AvgIpc) is 2.48. The summed E-state index contributed by atoms with van der Waals surface area (Å²) in [6, 6.07) is 5.77. The molecule has 0 fully saturated rings. The van der Waals surface area contributed by atoms with E-state index < -0.39 is 0 Å². The van der Waals surface area contributed by atoms with Gasteiger partial charge in [0.1, 0.15) is 5.75 Å². The minimum Gasteiger partial charge on any atom is -0.496 e. The summed E-state index contributed by atoms with van der Waals surface area (Å²) in [7, 11) is 1.66. The lowest BCUT2D eigenvalue weighted by atomic mass is 10.2. The number of hydrogen-bond donors (Lipinski definition) is 1. The van der Waals surface area contributed by atoms with Crippen LogP contribution in [0.15, 0.2) is 22.0 Å². The predicted molar refractivity (Wildman–Crippen MR) is 60.5 cm³/mol. The van der Waals surface area contributed by atoms with Crippen molar-refractivity contribution in [1.29, 1.82) is 0 Å². The van der Waals surface area contributed by atoms with Crippen LogP contribution in [0.1, 0.15) is 0 Å². The zero-order chi connectivity index (χ0) is 9.42. The van der Waals surface area contributed by atoms with E-state index in [4.69, 9.17) is 10.5 Å². The lowest BCUT2D eigenvalue weighted by Crippen LogP contribution is -1.87. The molecule has 0 aliphatic heterocycles. The highest BCUT2D eigenvalue weighted by Crippen LogP contribution is 2.38. The summed E-state index contributed by atoms with van der Waals surface area (Å²) in [6.45, 7) is 0. The van der Waals surface area contributed by atoms with Gasteiger partial charge in [-0.05, 0) is 34.1 Å². The second-order valence-electron chi connectivity index (χ2n) is 2.65. The molecule has 0 saturated heterocycles. The normalized spacial score (nSPS) is 10.6. The number of fused-ring (bicyclic) bond motifs is 1. The SMILES string of the molecule is COc1ccc(N)c2sc(Br)cc12. The van der Waals surface area contributed by atoms with Crippen LogP contribution in [0.4, 0.5) is 5.69 Å². The largest absolute Gasteiger partial charge is 0.496 e. The molecule has 1 aromatic heterocycles. The number of nitrogen functional groups attached to an aromatic ring is 1. The maximum Gasteiger partial charge on any atom is 0.127 e. The Morgan fingerprint density at radius 3 is 2.92 bits per heavy atom. The van der Waals surface area contributed by atoms with Gasteiger partial charge in [-0.15, -0.1) is 11.3 Å². The first kappa shape index (κ1) is 8.84. The zero-order valence-electron chi connectivity index (χ0n) is 7.00. The first-order valence-electron chi connectivity index (χ1n) is 3.74. The molecule has 0 unspecified atom stereocenters. The molecule has 4 heteroatoms. The molecule has 0 bridgehead atoms. The first-order chi connectivity index (χ1) is 6.22. The van der Waals surface area contributed by atoms with Gasteiger partial charge in [0.2, 0.25) is 0 Å². The van der Waals surface area contributed by atoms with E-state index in [9.17, 15) is 0 Å². The van der Waals surface area contributed by atoms with Crippen molar-refractivity contribution in [2.75, 3.05) is 12.8 Å². The van der Waals surface area contributed by atoms with Crippen LogP contribution in [0.2, 0.25) is 0 Å². The second kappa shape index (κ2) is 3.20. The maximum atomic E-state index is 5.83. The summed E-state index contributed by atoms with van der Waals surface area (Å²) in [5.41, 5.74) is 6.62. The lowest BCUT2D eigenvalue weighted by Gasteiger charge is -2.02. The van der Waals surface area contributed by atoms with Gasteiger partial charge < -0.3 is 10.5 Å². The highest BCUT2D eigenvalue weighted by molar-refractivity contribution is 9.11. The zero-order valence-corrected chi connectivity index (χ0v) is 9.41. The first-order valence-corrected chi connectivity index (χ1v) is 5.35. The molecular formula is C9H8BrNOS. The van der Waals surface area contributed by atoms with Gasteiger partial charge in [-0.2, -0.15) is 0 Å². The average molecular weight is 258 g/mol. The number of benzene rings is 1. The van der Waals surface area contributed by atoms with Crippen LogP contribution in [0.25, 0.3) is 10.1 Å². The van der Waals surface area contributed by atoms with Gasteiger partial charge in [0.15, 0.2) is 0 Å². The number of anilines is 1. The molecular weight excluding hydrogens is 250 g/mol. The van der Waals surface area contributed by atoms with E-state index in [0.29, 0.717) is 0 Å². The van der Waals surface area contributed by atoms with Crippen molar-refractivity contribution >= 4 is 43.0 Å². The molecule has 2 rings (SSSR count). The predicted octanol–water partition coefficient (Wildman–Crippen LogP) is 3.25. The van der Waals surface area contributed by atoms with Crippen LogP contribution in [0, 0.1) is 0 Å². The molecule has 0 aliphatic carbocycles. The monoisotopic (exact) mass is 257 g/mol. The molecule has 68 valence electrons. The van der Waals surface area contributed by atoms with Gasteiger partial charge in [0, 0.05) is 11.1 Å². The van der Waals surface area contributed by atoms with Crippen LogP contribution in [-0.2, 0) is 0 Å². The van der Waals surface area contributed by atoms with Crippen molar-refractivity contribution in [2.45, 2.75) is 0 Å². The molecule has 0 amide bonds. The summed E-state index contributed by atoms with van der Waals surface area (Å²) in [6.07, 6.45) is 0. The Labute approximate surface area is 88.4 Å². The Morgan fingerprint density at radius 2 is 2.23 bits per heavy atom. The number of nitrogens with two attached hydrogens (primary N) is 1. The molecule has 0 aliphatic rings. The van der Waals surface area contributed by atoms with E-state index in [1.54, 1.807) is 18.4 Å². The van der Waals surface area contributed by atoms with Crippen LogP contribution in [-0.4, -0.2) is 7.11 Å². The van der Waals surface area contributed by atoms with Gasteiger partial charge in [0.05, 0.1) is 15.6 Å². The number of thiophene rings is 1. The van der Waals surface area contributed by atoms with Crippen LogP contribution >= 0.6 is 27.3 Å². The quantitative estimate of drug-likeness (QED) is 0.797. The van der Waals surface area contributed by atoms with E-state index in [1.807, 2.05) is 18.2 Å². The fourth-order valence-corrected chi connectivity index (χ4v) is 2.81. The van der Waals surface area contributed by atoms with Crippen molar-refractivity contribution in [2.24, 2.45) is 0 Å². The summed E-state index contributed by atoms with van der Waals surface area (Å²) in [5, 5.41) is 1.07. The van der Waals surface area contributed by atoms with Crippen molar-refractivity contribution in [1.82, 2.24) is 0 Å². The highest BCUT2D eigenvalue weighted by Gasteiger charge is 2.07. The molecule has 0 saturated carbocycles. The lowest BCUT2D eigenvalue weighted by molar-refractivity contribution is 0.420. The van der Waals surface area contributed by atoms with Crippen LogP contribution in [0.3, 0.4) is 0 Å². The standard InChI is InChI=1S/C9H8BrNOS/c1-12-7-3-2-6(11)9-5(7)4-8(10)13-9/h2-4H,11H2,1H3. The van der Waals surface area contributed by atoms with E-state index in [1.165, 1.54) is 0 Å². The van der Waals surface area contributed by atoms with Crippen molar-refractivity contribution < 1.29 is 4.74 Å². The Hall–Kier alpha value is -0.740. The van der Waals surface area contributed by atoms with Gasteiger partial charge in [-0.3, -0.25) is 0 Å². The molecule has 2 N–H and O–H groups in total. The fourth-order valence-electron chi connectivity index (χ4n) is 1.27. The molecule has 0 atom stereocenters. The third-order valence-corrected chi connectivity index (χ3v) is 3.55. The molecule has 0 spiro atoms. The highest BCUT2D eigenvalue weighted by atomic mass is 79.9. The van der Waals surface area contributed by atoms with Gasteiger partial charge >= 0.3 is 0 Å².